The first-order chi connectivity index (χ1) is 21.1. The minimum atomic E-state index is -0.272. The van der Waals surface area contributed by atoms with Gasteiger partial charge in [0.25, 0.3) is 5.56 Å². The van der Waals surface area contributed by atoms with Gasteiger partial charge in [0.05, 0.1) is 33.2 Å². The molecule has 0 aliphatic carbocycles. The van der Waals surface area contributed by atoms with Gasteiger partial charge in [-0.3, -0.25) is 4.79 Å². The van der Waals surface area contributed by atoms with Gasteiger partial charge in [0, 0.05) is 20.1 Å². The van der Waals surface area contributed by atoms with Crippen LogP contribution in [0.3, 0.4) is 0 Å². The van der Waals surface area contributed by atoms with E-state index in [1.54, 1.807) is 18.3 Å². The second-order valence-corrected chi connectivity index (χ2v) is 13.5. The summed E-state index contributed by atoms with van der Waals surface area (Å²) < 4.78 is 15.9. The lowest BCUT2D eigenvalue weighted by atomic mass is 9.96. The van der Waals surface area contributed by atoms with E-state index in [1.165, 1.54) is 4.68 Å². The Labute approximate surface area is 286 Å². The lowest BCUT2D eigenvalue weighted by molar-refractivity contribution is 0.303. The lowest BCUT2D eigenvalue weighted by Crippen LogP contribution is -2.21. The summed E-state index contributed by atoms with van der Waals surface area (Å²) in [5.41, 5.74) is 4.74. The van der Waals surface area contributed by atoms with Gasteiger partial charge in [-0.25, -0.2) is 4.98 Å². The first-order valence-electron chi connectivity index (χ1n) is 14.0. The molecule has 0 spiro atoms. The molecule has 0 bridgehead atoms. The van der Waals surface area contributed by atoms with Crippen molar-refractivity contribution >= 4 is 76.5 Å². The first kappa shape index (κ1) is 32.4. The molecule has 0 saturated heterocycles. The minimum absolute atomic E-state index is 0.199. The molecule has 44 heavy (non-hydrogen) atoms. The predicted molar refractivity (Wildman–Crippen MR) is 190 cm³/mol. The Balaban J connectivity index is 1.56. The highest BCUT2D eigenvalue weighted by Gasteiger charge is 2.19. The first-order valence-corrected chi connectivity index (χ1v) is 16.7. The van der Waals surface area contributed by atoms with E-state index < -0.39 is 0 Å². The van der Waals surface area contributed by atoms with Crippen LogP contribution in [-0.2, 0) is 6.61 Å². The highest BCUT2D eigenvalue weighted by atomic mass is 79.9. The molecule has 1 aromatic heterocycles. The number of ether oxygens (including phenoxy) is 2. The highest BCUT2D eigenvalue weighted by molar-refractivity contribution is 9.11. The Bertz CT molecular complexity index is 1930. The Kier molecular flexibility index (Phi) is 10.3. The summed E-state index contributed by atoms with van der Waals surface area (Å²) >= 11 is 17.3. The Morgan fingerprint density at radius 2 is 1.77 bits per heavy atom. The molecular weight excluding hydrogens is 774 g/mol. The van der Waals surface area contributed by atoms with E-state index in [2.05, 4.69) is 72.8 Å². The molecule has 0 radical (unpaired) electrons. The maximum atomic E-state index is 13.8. The van der Waals surface area contributed by atoms with Crippen LogP contribution in [0.2, 0.25) is 5.02 Å². The fourth-order valence-corrected chi connectivity index (χ4v) is 6.93. The zero-order valence-corrected chi connectivity index (χ0v) is 30.0. The molecule has 1 heterocycles. The van der Waals surface area contributed by atoms with E-state index in [1.807, 2.05) is 62.4 Å². The van der Waals surface area contributed by atoms with Gasteiger partial charge in [-0.15, -0.1) is 0 Å². The number of halogens is 4. The van der Waals surface area contributed by atoms with Crippen molar-refractivity contribution in [2.75, 3.05) is 6.61 Å². The number of hydrogen-bond donors (Lipinski definition) is 0. The summed E-state index contributed by atoms with van der Waals surface area (Å²) in [5.74, 6) is 1.98. The van der Waals surface area contributed by atoms with Crippen LogP contribution in [0, 0.1) is 6.92 Å². The van der Waals surface area contributed by atoms with Crippen molar-refractivity contribution in [1.82, 2.24) is 9.66 Å². The Morgan fingerprint density at radius 3 is 2.48 bits per heavy atom. The van der Waals surface area contributed by atoms with Crippen molar-refractivity contribution in [3.8, 4) is 22.9 Å². The molecule has 0 aliphatic rings. The largest absolute Gasteiger partial charge is 0.494 e. The van der Waals surface area contributed by atoms with Gasteiger partial charge in [-0.05, 0) is 101 Å². The van der Waals surface area contributed by atoms with Crippen molar-refractivity contribution in [2.45, 2.75) is 40.2 Å². The van der Waals surface area contributed by atoms with Gasteiger partial charge in [-0.2, -0.15) is 9.78 Å². The molecule has 10 heteroatoms. The second kappa shape index (κ2) is 14.0. The molecule has 0 amide bonds. The maximum absolute atomic E-state index is 13.8. The monoisotopic (exact) mass is 799 g/mol. The van der Waals surface area contributed by atoms with Gasteiger partial charge in [0.15, 0.2) is 11.6 Å². The van der Waals surface area contributed by atoms with Crippen LogP contribution in [0.15, 0.2) is 90.0 Å². The number of fused-ring (bicyclic) bond motifs is 1. The summed E-state index contributed by atoms with van der Waals surface area (Å²) in [4.78, 5) is 18.7. The second-order valence-electron chi connectivity index (χ2n) is 10.4. The molecule has 0 aliphatic heterocycles. The van der Waals surface area contributed by atoms with Crippen molar-refractivity contribution in [3.63, 3.8) is 0 Å². The molecule has 0 unspecified atom stereocenters. The summed E-state index contributed by atoms with van der Waals surface area (Å²) in [6.45, 7) is 9.06. The number of aryl methyl sites for hydroxylation is 1. The molecule has 5 aromatic rings. The highest BCUT2D eigenvalue weighted by Crippen LogP contribution is 2.36. The van der Waals surface area contributed by atoms with E-state index in [0.29, 0.717) is 50.7 Å². The normalized spacial score (nSPS) is 11.6. The third-order valence-corrected chi connectivity index (χ3v) is 9.10. The van der Waals surface area contributed by atoms with Crippen LogP contribution in [0.4, 0.5) is 0 Å². The number of para-hydroxylation sites is 1. The number of aromatic nitrogens is 2. The third kappa shape index (κ3) is 6.96. The van der Waals surface area contributed by atoms with Crippen LogP contribution in [0.1, 0.15) is 48.9 Å². The van der Waals surface area contributed by atoms with Crippen LogP contribution >= 0.6 is 59.4 Å². The molecule has 226 valence electrons. The summed E-state index contributed by atoms with van der Waals surface area (Å²) in [6, 6.07) is 20.8. The predicted octanol–water partition coefficient (Wildman–Crippen LogP) is 10.3. The molecule has 0 fully saturated rings. The maximum Gasteiger partial charge on any atom is 0.282 e. The SMILES string of the molecule is CCOc1cc(C)c(-c2nc3ccccc3c(=O)n2N=Cc2cc(Cl)c(OCc3ccc(Br)cc3Br)c(Br)c2)cc1C(C)C. The van der Waals surface area contributed by atoms with Gasteiger partial charge in [0.1, 0.15) is 12.4 Å². The Morgan fingerprint density at radius 1 is 1.00 bits per heavy atom. The van der Waals surface area contributed by atoms with E-state index in [9.17, 15) is 4.79 Å². The fraction of sp³-hybridized carbons (Fsp3) is 0.206. The number of benzene rings is 4. The fourth-order valence-electron chi connectivity index (χ4n) is 4.78. The van der Waals surface area contributed by atoms with E-state index >= 15 is 0 Å². The van der Waals surface area contributed by atoms with Crippen molar-refractivity contribution < 1.29 is 9.47 Å². The van der Waals surface area contributed by atoms with E-state index in [0.717, 1.165) is 36.9 Å². The molecule has 5 rings (SSSR count). The van der Waals surface area contributed by atoms with Gasteiger partial charge in [-0.1, -0.05) is 75.5 Å². The lowest BCUT2D eigenvalue weighted by Gasteiger charge is -2.18. The van der Waals surface area contributed by atoms with Crippen molar-refractivity contribution in [2.24, 2.45) is 5.10 Å². The molecule has 4 aromatic carbocycles. The average molecular weight is 803 g/mol. The average Bonchev–Trinajstić information content (AvgIpc) is 2.97. The number of hydrogen-bond acceptors (Lipinski definition) is 5. The van der Waals surface area contributed by atoms with Crippen LogP contribution in [-0.4, -0.2) is 22.5 Å². The standard InChI is InChI=1S/C34H29Br3ClN3O3/c1-5-43-31-12-20(4)26(16-25(31)19(2)3)33-40-30-9-7-6-8-24(30)34(42)41(33)39-17-21-13-28(37)32(29(38)14-21)44-18-22-10-11-23(35)15-27(22)36/h6-17,19H,5,18H2,1-4H3. The topological polar surface area (TPSA) is 65.7 Å². The molecule has 0 saturated carbocycles. The third-order valence-electron chi connectivity index (χ3n) is 7.00. The number of nitrogens with zero attached hydrogens (tertiary/aromatic N) is 3. The molecule has 0 N–H and O–H groups in total. The number of rotatable bonds is 9. The van der Waals surface area contributed by atoms with E-state index in [4.69, 9.17) is 26.1 Å². The van der Waals surface area contributed by atoms with Crippen LogP contribution in [0.25, 0.3) is 22.3 Å². The van der Waals surface area contributed by atoms with Crippen LogP contribution < -0.4 is 15.0 Å². The summed E-state index contributed by atoms with van der Waals surface area (Å²) in [5, 5.41) is 5.54. The molecule has 6 nitrogen and oxygen atoms in total. The van der Waals surface area contributed by atoms with Gasteiger partial charge < -0.3 is 9.47 Å². The molecule has 0 atom stereocenters. The Hall–Kier alpha value is -2.98. The van der Waals surface area contributed by atoms with Crippen LogP contribution in [0.5, 0.6) is 11.5 Å². The quantitative estimate of drug-likeness (QED) is 0.139. The zero-order chi connectivity index (χ0) is 31.5. The minimum Gasteiger partial charge on any atom is -0.494 e. The molecular formula is C34H29Br3ClN3O3. The van der Waals surface area contributed by atoms with Crippen molar-refractivity contribution in [1.29, 1.82) is 0 Å². The summed E-state index contributed by atoms with van der Waals surface area (Å²) in [6.07, 6.45) is 1.60. The van der Waals surface area contributed by atoms with E-state index in [-0.39, 0.29) is 11.5 Å². The van der Waals surface area contributed by atoms with Gasteiger partial charge in [0.2, 0.25) is 0 Å². The van der Waals surface area contributed by atoms with Gasteiger partial charge >= 0.3 is 0 Å². The summed E-state index contributed by atoms with van der Waals surface area (Å²) in [7, 11) is 0. The zero-order valence-electron chi connectivity index (χ0n) is 24.5. The smallest absolute Gasteiger partial charge is 0.282 e. The van der Waals surface area contributed by atoms with Crippen molar-refractivity contribution in [3.05, 3.63) is 118 Å².